The van der Waals surface area contributed by atoms with E-state index >= 15 is 0 Å². The Morgan fingerprint density at radius 1 is 1.40 bits per heavy atom. The van der Waals surface area contributed by atoms with Gasteiger partial charge in [0.25, 0.3) is 0 Å². The second kappa shape index (κ2) is 6.59. The average Bonchev–Trinajstić information content (AvgIpc) is 2.48. The topological polar surface area (TPSA) is 54.4 Å². The molecular formula is C15H17ClN2O2. The van der Waals surface area contributed by atoms with Gasteiger partial charge < -0.3 is 15.2 Å². The van der Waals surface area contributed by atoms with E-state index in [0.717, 1.165) is 5.69 Å². The van der Waals surface area contributed by atoms with Gasteiger partial charge in [-0.2, -0.15) is 0 Å². The first kappa shape index (κ1) is 14.6. The minimum absolute atomic E-state index is 0.0700. The van der Waals surface area contributed by atoms with Crippen molar-refractivity contribution in [2.24, 2.45) is 0 Å². The highest BCUT2D eigenvalue weighted by atomic mass is 35.5. The van der Waals surface area contributed by atoms with E-state index in [2.05, 4.69) is 10.3 Å². The van der Waals surface area contributed by atoms with Gasteiger partial charge in [-0.3, -0.25) is 4.98 Å². The van der Waals surface area contributed by atoms with E-state index in [-0.39, 0.29) is 11.8 Å². The third kappa shape index (κ3) is 3.40. The van der Waals surface area contributed by atoms with Crippen molar-refractivity contribution in [1.29, 1.82) is 0 Å². The fraction of sp³-hybridized carbons (Fsp3) is 0.267. The van der Waals surface area contributed by atoms with Crippen LogP contribution in [0.5, 0.6) is 11.5 Å². The van der Waals surface area contributed by atoms with E-state index in [4.69, 9.17) is 16.3 Å². The molecule has 1 heterocycles. The van der Waals surface area contributed by atoms with Crippen LogP contribution in [-0.2, 0) is 6.54 Å². The molecule has 0 aliphatic heterocycles. The molecule has 0 aliphatic rings. The monoisotopic (exact) mass is 292 g/mol. The first-order chi connectivity index (χ1) is 9.61. The van der Waals surface area contributed by atoms with Crippen molar-refractivity contribution < 1.29 is 9.84 Å². The smallest absolute Gasteiger partial charge is 0.162 e. The van der Waals surface area contributed by atoms with E-state index in [9.17, 15) is 5.11 Å². The van der Waals surface area contributed by atoms with Gasteiger partial charge in [-0.05, 0) is 25.1 Å². The number of halogens is 1. The summed E-state index contributed by atoms with van der Waals surface area (Å²) in [5, 5.41) is 13.9. The SMILES string of the molecule is COc1cc(Cl)cc(CN[C@@H](C)c2ccccn2)c1O. The Morgan fingerprint density at radius 2 is 2.20 bits per heavy atom. The summed E-state index contributed by atoms with van der Waals surface area (Å²) in [6.45, 7) is 2.49. The summed E-state index contributed by atoms with van der Waals surface area (Å²) in [5.74, 6) is 0.484. The van der Waals surface area contributed by atoms with Crippen LogP contribution in [0.15, 0.2) is 36.5 Å². The summed E-state index contributed by atoms with van der Waals surface area (Å²) in [4.78, 5) is 4.29. The molecule has 20 heavy (non-hydrogen) atoms. The van der Waals surface area contributed by atoms with Gasteiger partial charge in [-0.25, -0.2) is 0 Å². The summed E-state index contributed by atoms with van der Waals surface area (Å²) in [6.07, 6.45) is 1.76. The number of nitrogens with zero attached hydrogens (tertiary/aromatic N) is 1. The summed E-state index contributed by atoms with van der Waals surface area (Å²) in [6, 6.07) is 9.15. The average molecular weight is 293 g/mol. The lowest BCUT2D eigenvalue weighted by molar-refractivity contribution is 0.369. The van der Waals surface area contributed by atoms with Gasteiger partial charge >= 0.3 is 0 Å². The molecular weight excluding hydrogens is 276 g/mol. The van der Waals surface area contributed by atoms with Gasteiger partial charge in [0.15, 0.2) is 11.5 Å². The summed E-state index contributed by atoms with van der Waals surface area (Å²) < 4.78 is 5.08. The first-order valence-electron chi connectivity index (χ1n) is 6.31. The summed E-state index contributed by atoms with van der Waals surface area (Å²) >= 11 is 6.00. The minimum Gasteiger partial charge on any atom is -0.504 e. The molecule has 106 valence electrons. The van der Waals surface area contributed by atoms with Crippen molar-refractivity contribution in [3.8, 4) is 11.5 Å². The fourth-order valence-electron chi connectivity index (χ4n) is 1.92. The Bertz CT molecular complexity index is 576. The number of aromatic nitrogens is 1. The van der Waals surface area contributed by atoms with Crippen molar-refractivity contribution in [3.63, 3.8) is 0 Å². The molecule has 1 atom stereocenters. The number of methoxy groups -OCH3 is 1. The zero-order chi connectivity index (χ0) is 14.5. The zero-order valence-corrected chi connectivity index (χ0v) is 12.2. The fourth-order valence-corrected chi connectivity index (χ4v) is 2.15. The van der Waals surface area contributed by atoms with Crippen LogP contribution < -0.4 is 10.1 Å². The molecule has 2 rings (SSSR count). The number of aromatic hydroxyl groups is 1. The van der Waals surface area contributed by atoms with Crippen molar-refractivity contribution in [3.05, 3.63) is 52.8 Å². The maximum Gasteiger partial charge on any atom is 0.162 e. The number of rotatable bonds is 5. The van der Waals surface area contributed by atoms with Crippen LogP contribution in [0.3, 0.4) is 0 Å². The lowest BCUT2D eigenvalue weighted by Crippen LogP contribution is -2.19. The van der Waals surface area contributed by atoms with Crippen LogP contribution >= 0.6 is 11.6 Å². The molecule has 0 bridgehead atoms. The van der Waals surface area contributed by atoms with Crippen LogP contribution in [-0.4, -0.2) is 17.2 Å². The van der Waals surface area contributed by atoms with Crippen LogP contribution in [0.25, 0.3) is 0 Å². The maximum atomic E-state index is 10.1. The lowest BCUT2D eigenvalue weighted by Gasteiger charge is -2.15. The third-order valence-corrected chi connectivity index (χ3v) is 3.29. The number of ether oxygens (including phenoxy) is 1. The van der Waals surface area contributed by atoms with Crippen LogP contribution in [0.2, 0.25) is 5.02 Å². The van der Waals surface area contributed by atoms with E-state index in [1.165, 1.54) is 7.11 Å². The van der Waals surface area contributed by atoms with Crippen molar-refractivity contribution in [2.75, 3.05) is 7.11 Å². The standard InChI is InChI=1S/C15H17ClN2O2/c1-10(13-5-3-4-6-17-13)18-9-11-7-12(16)8-14(20-2)15(11)19/h3-8,10,18-19H,9H2,1-2H3/t10-/m0/s1. The highest BCUT2D eigenvalue weighted by Crippen LogP contribution is 2.33. The minimum atomic E-state index is 0.0700. The molecule has 2 N–H and O–H groups in total. The number of phenols is 1. The Hall–Kier alpha value is -1.78. The summed E-state index contributed by atoms with van der Waals surface area (Å²) in [7, 11) is 1.50. The highest BCUT2D eigenvalue weighted by molar-refractivity contribution is 6.30. The molecule has 5 heteroatoms. The second-order valence-corrected chi connectivity index (χ2v) is 4.91. The van der Waals surface area contributed by atoms with Crippen LogP contribution in [0.1, 0.15) is 24.2 Å². The van der Waals surface area contributed by atoms with Gasteiger partial charge in [-0.15, -0.1) is 0 Å². The number of hydrogen-bond acceptors (Lipinski definition) is 4. The third-order valence-electron chi connectivity index (χ3n) is 3.07. The van der Waals surface area contributed by atoms with Gasteiger partial charge in [-0.1, -0.05) is 17.7 Å². The molecule has 0 fully saturated rings. The Balaban J connectivity index is 2.09. The number of nitrogens with one attached hydrogen (secondary N) is 1. The molecule has 0 amide bonds. The number of benzene rings is 1. The van der Waals surface area contributed by atoms with Gasteiger partial charge in [0, 0.05) is 35.4 Å². The van der Waals surface area contributed by atoms with Crippen molar-refractivity contribution >= 4 is 11.6 Å². The molecule has 0 spiro atoms. The molecule has 0 saturated carbocycles. The first-order valence-corrected chi connectivity index (χ1v) is 6.69. The molecule has 0 unspecified atom stereocenters. The summed E-state index contributed by atoms with van der Waals surface area (Å²) in [5.41, 5.74) is 1.64. The molecule has 1 aromatic carbocycles. The van der Waals surface area contributed by atoms with E-state index < -0.39 is 0 Å². The highest BCUT2D eigenvalue weighted by Gasteiger charge is 2.12. The van der Waals surface area contributed by atoms with E-state index in [1.807, 2.05) is 25.1 Å². The lowest BCUT2D eigenvalue weighted by atomic mass is 10.1. The zero-order valence-electron chi connectivity index (χ0n) is 11.4. The normalized spacial score (nSPS) is 12.2. The van der Waals surface area contributed by atoms with E-state index in [1.54, 1.807) is 18.3 Å². The quantitative estimate of drug-likeness (QED) is 0.888. The van der Waals surface area contributed by atoms with Gasteiger partial charge in [0.05, 0.1) is 12.8 Å². The maximum absolute atomic E-state index is 10.1. The van der Waals surface area contributed by atoms with Gasteiger partial charge in [0.1, 0.15) is 0 Å². The molecule has 0 saturated heterocycles. The predicted molar refractivity (Wildman–Crippen MR) is 79.2 cm³/mol. The predicted octanol–water partition coefficient (Wildman–Crippen LogP) is 3.30. The van der Waals surface area contributed by atoms with Crippen LogP contribution in [0.4, 0.5) is 0 Å². The second-order valence-electron chi connectivity index (χ2n) is 4.47. The molecule has 4 nitrogen and oxygen atoms in total. The number of hydrogen-bond donors (Lipinski definition) is 2. The molecule has 2 aromatic rings. The van der Waals surface area contributed by atoms with Crippen molar-refractivity contribution in [2.45, 2.75) is 19.5 Å². The molecule has 0 aliphatic carbocycles. The molecule has 1 aromatic heterocycles. The Morgan fingerprint density at radius 3 is 2.85 bits per heavy atom. The van der Waals surface area contributed by atoms with Crippen molar-refractivity contribution in [1.82, 2.24) is 10.3 Å². The van der Waals surface area contributed by atoms with Gasteiger partial charge in [0.2, 0.25) is 0 Å². The Kier molecular flexibility index (Phi) is 4.82. The number of pyridine rings is 1. The van der Waals surface area contributed by atoms with E-state index in [0.29, 0.717) is 22.9 Å². The number of phenolic OH excluding ortho intramolecular Hbond substituents is 1. The Labute approximate surface area is 123 Å². The largest absolute Gasteiger partial charge is 0.504 e. The molecule has 0 radical (unpaired) electrons. The van der Waals surface area contributed by atoms with Crippen LogP contribution in [0, 0.1) is 0 Å².